The highest BCUT2D eigenvalue weighted by molar-refractivity contribution is 5.97. The summed E-state index contributed by atoms with van der Waals surface area (Å²) in [5, 5.41) is 14.5. The Morgan fingerprint density at radius 2 is 1.77 bits per heavy atom. The Morgan fingerprint density at radius 3 is 2.29 bits per heavy atom. The summed E-state index contributed by atoms with van der Waals surface area (Å²) >= 11 is 0. The molecule has 1 aromatic rings. The number of aliphatic hydroxyl groups is 1. The molecule has 1 fully saturated rings. The number of esters is 1. The molecule has 1 saturated carbocycles. The molecule has 1 aromatic carbocycles. The van der Waals surface area contributed by atoms with Crippen molar-refractivity contribution in [3.05, 3.63) is 35.4 Å². The van der Waals surface area contributed by atoms with Gasteiger partial charge in [0.15, 0.2) is 0 Å². The Hall–Kier alpha value is -3.49. The van der Waals surface area contributed by atoms with E-state index in [2.05, 4.69) is 34.3 Å². The number of methoxy groups -OCH3 is 1. The Balaban J connectivity index is 2.07. The van der Waals surface area contributed by atoms with E-state index in [0.717, 1.165) is 6.42 Å². The molecule has 0 saturated heterocycles. The summed E-state index contributed by atoms with van der Waals surface area (Å²) in [6, 6.07) is 5.35. The number of aliphatic hydroxyl groups excluding tert-OH is 1. The van der Waals surface area contributed by atoms with E-state index in [4.69, 9.17) is 9.47 Å². The number of alkyl carbamates (subject to hydrolysis) is 1. The number of amides is 2. The van der Waals surface area contributed by atoms with Gasteiger partial charge in [-0.1, -0.05) is 18.8 Å². The highest BCUT2D eigenvalue weighted by atomic mass is 16.6. The standard InChI is InChI=1S/C27H34N2O6/c1-25(2,3)35-24(33)29-26(4,5)21(23(32)34-7)28-22(31)19-14-12-18(13-15-19)10-8-9-11-20-16-27(20,6)17-30/h12-15,20-21,30H,16-17H2,1-7H3,(H,28,31)(H,29,33)/t20-,21?,27+/m1/s1. The summed E-state index contributed by atoms with van der Waals surface area (Å²) in [7, 11) is 1.20. The van der Waals surface area contributed by atoms with Gasteiger partial charge < -0.3 is 25.2 Å². The molecular weight excluding hydrogens is 448 g/mol. The second kappa shape index (κ2) is 10.8. The van der Waals surface area contributed by atoms with Crippen molar-refractivity contribution in [2.24, 2.45) is 11.3 Å². The first kappa shape index (κ1) is 27.8. The lowest BCUT2D eigenvalue weighted by Gasteiger charge is -2.34. The molecule has 3 atom stereocenters. The van der Waals surface area contributed by atoms with Crippen LogP contribution in [-0.4, -0.2) is 54.0 Å². The maximum atomic E-state index is 12.8. The molecule has 0 radical (unpaired) electrons. The zero-order valence-electron chi connectivity index (χ0n) is 21.4. The summed E-state index contributed by atoms with van der Waals surface area (Å²) in [4.78, 5) is 37.5. The molecule has 0 aliphatic heterocycles. The minimum absolute atomic E-state index is 0.108. The highest BCUT2D eigenvalue weighted by Gasteiger charge is 2.48. The fraction of sp³-hybridized carbons (Fsp3) is 0.519. The van der Waals surface area contributed by atoms with Gasteiger partial charge in [0.2, 0.25) is 0 Å². The van der Waals surface area contributed by atoms with Crippen molar-refractivity contribution in [2.45, 2.75) is 65.1 Å². The average Bonchev–Trinajstić information content (AvgIpc) is 3.43. The lowest BCUT2D eigenvalue weighted by Crippen LogP contribution is -2.62. The van der Waals surface area contributed by atoms with Crippen LogP contribution in [0.1, 0.15) is 63.9 Å². The van der Waals surface area contributed by atoms with Gasteiger partial charge in [0.25, 0.3) is 5.91 Å². The fourth-order valence-corrected chi connectivity index (χ4v) is 3.24. The number of carbonyl (C=O) groups is 3. The Labute approximate surface area is 207 Å². The molecule has 2 amide bonds. The normalized spacial score (nSPS) is 19.6. The third-order valence-corrected chi connectivity index (χ3v) is 5.63. The second-order valence-corrected chi connectivity index (χ2v) is 10.4. The number of hydrogen-bond donors (Lipinski definition) is 3. The Kier molecular flexibility index (Phi) is 8.59. The number of rotatable bonds is 6. The second-order valence-electron chi connectivity index (χ2n) is 10.4. The van der Waals surface area contributed by atoms with Crippen molar-refractivity contribution in [1.82, 2.24) is 10.6 Å². The zero-order valence-corrected chi connectivity index (χ0v) is 21.4. The molecule has 0 heterocycles. The van der Waals surface area contributed by atoms with Crippen LogP contribution in [0, 0.1) is 35.0 Å². The minimum atomic E-state index is -1.21. The SMILES string of the molecule is COC(=O)C(NC(=O)c1ccc(C#CC#C[C@@H]2C[C@@]2(C)CO)cc1)C(C)(C)NC(=O)OC(C)(C)C. The van der Waals surface area contributed by atoms with Crippen molar-refractivity contribution in [3.63, 3.8) is 0 Å². The fourth-order valence-electron chi connectivity index (χ4n) is 3.24. The molecule has 1 unspecified atom stereocenters. The van der Waals surface area contributed by atoms with E-state index in [-0.39, 0.29) is 17.9 Å². The van der Waals surface area contributed by atoms with Crippen LogP contribution in [0.4, 0.5) is 4.79 Å². The summed E-state index contributed by atoms with van der Waals surface area (Å²) in [5.41, 5.74) is -1.06. The van der Waals surface area contributed by atoms with Gasteiger partial charge in [0, 0.05) is 29.1 Å². The molecule has 0 aromatic heterocycles. The van der Waals surface area contributed by atoms with E-state index >= 15 is 0 Å². The number of carbonyl (C=O) groups excluding carboxylic acids is 3. The predicted molar refractivity (Wildman–Crippen MR) is 131 cm³/mol. The number of benzene rings is 1. The topological polar surface area (TPSA) is 114 Å². The van der Waals surface area contributed by atoms with Crippen LogP contribution >= 0.6 is 0 Å². The van der Waals surface area contributed by atoms with Gasteiger partial charge in [0.1, 0.15) is 11.6 Å². The van der Waals surface area contributed by atoms with Crippen molar-refractivity contribution >= 4 is 18.0 Å². The molecule has 1 aliphatic rings. The minimum Gasteiger partial charge on any atom is -0.467 e. The van der Waals surface area contributed by atoms with E-state index in [1.807, 2.05) is 6.92 Å². The lowest BCUT2D eigenvalue weighted by molar-refractivity contribution is -0.144. The maximum Gasteiger partial charge on any atom is 0.408 e. The first-order valence-electron chi connectivity index (χ1n) is 11.3. The molecule has 1 aliphatic carbocycles. The average molecular weight is 483 g/mol. The van der Waals surface area contributed by atoms with Crippen LogP contribution in [0.2, 0.25) is 0 Å². The largest absolute Gasteiger partial charge is 0.467 e. The molecule has 0 bridgehead atoms. The Morgan fingerprint density at radius 1 is 1.14 bits per heavy atom. The van der Waals surface area contributed by atoms with Crippen LogP contribution in [0.25, 0.3) is 0 Å². The van der Waals surface area contributed by atoms with E-state index in [0.29, 0.717) is 11.1 Å². The quantitative estimate of drug-likeness (QED) is 0.424. The highest BCUT2D eigenvalue weighted by Crippen LogP contribution is 2.51. The lowest BCUT2D eigenvalue weighted by atomic mass is 9.94. The van der Waals surface area contributed by atoms with Gasteiger partial charge in [-0.05, 0) is 77.1 Å². The smallest absolute Gasteiger partial charge is 0.408 e. The van der Waals surface area contributed by atoms with Gasteiger partial charge in [0.05, 0.1) is 12.6 Å². The maximum absolute atomic E-state index is 12.8. The third kappa shape index (κ3) is 8.05. The molecule has 0 spiro atoms. The van der Waals surface area contributed by atoms with Crippen molar-refractivity contribution < 1.29 is 29.0 Å². The summed E-state index contributed by atoms with van der Waals surface area (Å²) in [6.07, 6.45) is 0.151. The van der Waals surface area contributed by atoms with Gasteiger partial charge in [-0.2, -0.15) is 0 Å². The van der Waals surface area contributed by atoms with Crippen LogP contribution < -0.4 is 10.6 Å². The third-order valence-electron chi connectivity index (χ3n) is 5.63. The van der Waals surface area contributed by atoms with Gasteiger partial charge >= 0.3 is 12.1 Å². The van der Waals surface area contributed by atoms with Crippen molar-refractivity contribution in [3.8, 4) is 23.7 Å². The van der Waals surface area contributed by atoms with Crippen LogP contribution in [0.15, 0.2) is 24.3 Å². The molecular formula is C27H34N2O6. The molecule has 3 N–H and O–H groups in total. The molecule has 35 heavy (non-hydrogen) atoms. The Bertz CT molecular complexity index is 1080. The van der Waals surface area contributed by atoms with Gasteiger partial charge in [-0.15, -0.1) is 0 Å². The van der Waals surface area contributed by atoms with Crippen molar-refractivity contribution in [2.75, 3.05) is 13.7 Å². The number of ether oxygens (including phenoxy) is 2. The zero-order chi connectivity index (χ0) is 26.4. The van der Waals surface area contributed by atoms with E-state index in [9.17, 15) is 19.5 Å². The number of hydrogen-bond acceptors (Lipinski definition) is 6. The number of nitrogens with one attached hydrogen (secondary N) is 2. The van der Waals surface area contributed by atoms with Gasteiger partial charge in [-0.25, -0.2) is 9.59 Å². The van der Waals surface area contributed by atoms with E-state index < -0.39 is 35.2 Å². The monoisotopic (exact) mass is 482 g/mol. The molecule has 8 nitrogen and oxygen atoms in total. The summed E-state index contributed by atoms with van der Waals surface area (Å²) in [5.74, 6) is 10.5. The predicted octanol–water partition coefficient (Wildman–Crippen LogP) is 2.63. The van der Waals surface area contributed by atoms with Crippen molar-refractivity contribution in [1.29, 1.82) is 0 Å². The van der Waals surface area contributed by atoms with E-state index in [1.165, 1.54) is 7.11 Å². The molecule has 2 rings (SSSR count). The summed E-state index contributed by atoms with van der Waals surface area (Å²) in [6.45, 7) is 10.4. The van der Waals surface area contributed by atoms with Crippen LogP contribution in [0.3, 0.4) is 0 Å². The van der Waals surface area contributed by atoms with Gasteiger partial charge in [-0.3, -0.25) is 4.79 Å². The molecule has 188 valence electrons. The van der Waals surface area contributed by atoms with Crippen LogP contribution in [-0.2, 0) is 14.3 Å². The van der Waals surface area contributed by atoms with E-state index in [1.54, 1.807) is 58.9 Å². The molecule has 8 heteroatoms. The first-order chi connectivity index (χ1) is 16.2. The first-order valence-corrected chi connectivity index (χ1v) is 11.3. The van der Waals surface area contributed by atoms with Crippen LogP contribution in [0.5, 0.6) is 0 Å². The summed E-state index contributed by atoms with van der Waals surface area (Å²) < 4.78 is 10.1.